The predicted octanol–water partition coefficient (Wildman–Crippen LogP) is 1.45. The largest absolute Gasteiger partial charge is 0.468 e. The number of rotatable bonds is 5. The number of nitrogens with two attached hydrogens (primary N) is 1. The molecule has 1 aromatic rings. The smallest absolute Gasteiger partial charge is 0.325 e. The van der Waals surface area contributed by atoms with Crippen LogP contribution in [0.15, 0.2) is 29.4 Å². The Morgan fingerprint density at radius 1 is 1.62 bits per heavy atom. The van der Waals surface area contributed by atoms with E-state index in [1.165, 1.54) is 7.11 Å². The number of carbonyl (C=O) groups is 1. The number of ether oxygens (including phenoxy) is 1. The first-order chi connectivity index (χ1) is 7.56. The molecule has 4 nitrogen and oxygen atoms in total. The van der Waals surface area contributed by atoms with Crippen LogP contribution in [0.1, 0.15) is 13.3 Å². The predicted molar refractivity (Wildman–Crippen MR) is 64.2 cm³/mol. The minimum Gasteiger partial charge on any atom is -0.468 e. The van der Waals surface area contributed by atoms with Crippen molar-refractivity contribution in [3.05, 3.63) is 24.4 Å². The van der Waals surface area contributed by atoms with Crippen LogP contribution in [0.3, 0.4) is 0 Å². The van der Waals surface area contributed by atoms with E-state index in [-0.39, 0.29) is 5.97 Å². The van der Waals surface area contributed by atoms with Gasteiger partial charge >= 0.3 is 5.97 Å². The summed E-state index contributed by atoms with van der Waals surface area (Å²) in [6.45, 7) is 1.68. The Labute approximate surface area is 99.6 Å². The first-order valence-electron chi connectivity index (χ1n) is 4.97. The summed E-state index contributed by atoms with van der Waals surface area (Å²) in [6, 6.07) is 5.72. The number of esters is 1. The van der Waals surface area contributed by atoms with Crippen LogP contribution in [0.2, 0.25) is 0 Å². The Morgan fingerprint density at radius 2 is 2.38 bits per heavy atom. The van der Waals surface area contributed by atoms with Gasteiger partial charge in [-0.3, -0.25) is 4.79 Å². The molecular formula is C11H16N2O2S. The molecule has 0 saturated carbocycles. The molecule has 0 aliphatic heterocycles. The van der Waals surface area contributed by atoms with E-state index >= 15 is 0 Å². The van der Waals surface area contributed by atoms with Crippen molar-refractivity contribution in [3.63, 3.8) is 0 Å². The van der Waals surface area contributed by atoms with Crippen molar-refractivity contribution >= 4 is 17.7 Å². The maximum atomic E-state index is 11.3. The van der Waals surface area contributed by atoms with Gasteiger partial charge in [0.1, 0.15) is 5.54 Å². The van der Waals surface area contributed by atoms with Gasteiger partial charge in [-0.05, 0) is 25.5 Å². The molecule has 2 N–H and O–H groups in total. The number of carbonyl (C=O) groups excluding carboxylic acids is 1. The lowest BCUT2D eigenvalue weighted by molar-refractivity contribution is -0.146. The van der Waals surface area contributed by atoms with E-state index in [1.54, 1.807) is 24.9 Å². The standard InChI is InChI=1S/C11H16N2O2S/c1-11(12,10(14)15-2)6-8-16-9-5-3-4-7-13-9/h3-5,7H,6,8,12H2,1-2H3. The van der Waals surface area contributed by atoms with Crippen molar-refractivity contribution in [3.8, 4) is 0 Å². The summed E-state index contributed by atoms with van der Waals surface area (Å²) in [6.07, 6.45) is 2.30. The average molecular weight is 240 g/mol. The van der Waals surface area contributed by atoms with E-state index in [1.807, 2.05) is 18.2 Å². The Bertz CT molecular complexity index is 341. The first-order valence-corrected chi connectivity index (χ1v) is 5.96. The molecule has 0 amide bonds. The van der Waals surface area contributed by atoms with Crippen LogP contribution in [0, 0.1) is 0 Å². The van der Waals surface area contributed by atoms with Crippen LogP contribution in [-0.4, -0.2) is 29.4 Å². The summed E-state index contributed by atoms with van der Waals surface area (Å²) >= 11 is 1.58. The molecule has 1 atom stereocenters. The van der Waals surface area contributed by atoms with E-state index in [9.17, 15) is 4.79 Å². The van der Waals surface area contributed by atoms with E-state index < -0.39 is 5.54 Å². The fourth-order valence-corrected chi connectivity index (χ4v) is 2.18. The van der Waals surface area contributed by atoms with Gasteiger partial charge < -0.3 is 10.5 Å². The molecule has 16 heavy (non-hydrogen) atoms. The Balaban J connectivity index is 2.38. The minimum absolute atomic E-state index is 0.380. The number of thioether (sulfide) groups is 1. The van der Waals surface area contributed by atoms with Crippen molar-refractivity contribution in [1.82, 2.24) is 4.98 Å². The molecule has 0 saturated heterocycles. The quantitative estimate of drug-likeness (QED) is 0.623. The summed E-state index contributed by atoms with van der Waals surface area (Å²) in [5.41, 5.74) is 4.91. The molecule has 0 radical (unpaired) electrons. The highest BCUT2D eigenvalue weighted by Gasteiger charge is 2.28. The summed E-state index contributed by atoms with van der Waals surface area (Å²) < 4.78 is 4.63. The molecule has 1 aromatic heterocycles. The lowest BCUT2D eigenvalue weighted by Crippen LogP contribution is -2.46. The maximum absolute atomic E-state index is 11.3. The number of hydrogen-bond donors (Lipinski definition) is 1. The molecule has 0 spiro atoms. The summed E-state index contributed by atoms with van der Waals surface area (Å²) in [5, 5.41) is 0.933. The Morgan fingerprint density at radius 3 is 2.94 bits per heavy atom. The van der Waals surface area contributed by atoms with Crippen molar-refractivity contribution in [2.24, 2.45) is 5.73 Å². The van der Waals surface area contributed by atoms with Crippen LogP contribution >= 0.6 is 11.8 Å². The van der Waals surface area contributed by atoms with Gasteiger partial charge in [-0.2, -0.15) is 0 Å². The van der Waals surface area contributed by atoms with Gasteiger partial charge in [0.05, 0.1) is 12.1 Å². The van der Waals surface area contributed by atoms with Crippen LogP contribution in [-0.2, 0) is 9.53 Å². The fourth-order valence-electron chi connectivity index (χ4n) is 1.14. The molecule has 0 bridgehead atoms. The molecular weight excluding hydrogens is 224 g/mol. The van der Waals surface area contributed by atoms with Gasteiger partial charge in [-0.25, -0.2) is 4.98 Å². The Hall–Kier alpha value is -1.07. The highest BCUT2D eigenvalue weighted by molar-refractivity contribution is 7.99. The van der Waals surface area contributed by atoms with Crippen LogP contribution < -0.4 is 5.73 Å². The van der Waals surface area contributed by atoms with Gasteiger partial charge in [0, 0.05) is 11.9 Å². The molecule has 0 aliphatic rings. The second-order valence-corrected chi connectivity index (χ2v) is 4.79. The molecule has 1 unspecified atom stereocenters. The first kappa shape index (κ1) is 13.0. The summed E-state index contributed by atoms with van der Waals surface area (Å²) in [7, 11) is 1.35. The number of methoxy groups -OCH3 is 1. The molecule has 0 aromatic carbocycles. The topological polar surface area (TPSA) is 65.2 Å². The van der Waals surface area contributed by atoms with E-state index in [4.69, 9.17) is 5.73 Å². The number of hydrogen-bond acceptors (Lipinski definition) is 5. The second kappa shape index (κ2) is 5.86. The van der Waals surface area contributed by atoms with Gasteiger partial charge in [-0.1, -0.05) is 6.07 Å². The van der Waals surface area contributed by atoms with Crippen LogP contribution in [0.5, 0.6) is 0 Å². The van der Waals surface area contributed by atoms with Crippen molar-refractivity contribution in [2.45, 2.75) is 23.9 Å². The van der Waals surface area contributed by atoms with Crippen LogP contribution in [0.4, 0.5) is 0 Å². The minimum atomic E-state index is -0.920. The van der Waals surface area contributed by atoms with E-state index in [2.05, 4.69) is 9.72 Å². The number of pyridine rings is 1. The molecule has 0 aliphatic carbocycles. The highest BCUT2D eigenvalue weighted by atomic mass is 32.2. The zero-order chi connectivity index (χ0) is 12.0. The number of aromatic nitrogens is 1. The van der Waals surface area contributed by atoms with Crippen molar-refractivity contribution < 1.29 is 9.53 Å². The lowest BCUT2D eigenvalue weighted by atomic mass is 10.0. The molecule has 5 heteroatoms. The lowest BCUT2D eigenvalue weighted by Gasteiger charge is -2.20. The SMILES string of the molecule is COC(=O)C(C)(N)CCSc1ccccn1. The third-order valence-electron chi connectivity index (χ3n) is 2.16. The normalized spacial score (nSPS) is 14.2. The molecule has 88 valence electrons. The van der Waals surface area contributed by atoms with Gasteiger partial charge in [-0.15, -0.1) is 11.8 Å². The Kier molecular flexibility index (Phi) is 4.76. The highest BCUT2D eigenvalue weighted by Crippen LogP contribution is 2.19. The molecule has 1 rings (SSSR count). The number of nitrogens with zero attached hydrogens (tertiary/aromatic N) is 1. The molecule has 1 heterocycles. The van der Waals surface area contributed by atoms with E-state index in [0.29, 0.717) is 6.42 Å². The summed E-state index contributed by atoms with van der Waals surface area (Å²) in [5.74, 6) is 0.355. The average Bonchev–Trinajstić information content (AvgIpc) is 2.29. The fraction of sp³-hybridized carbons (Fsp3) is 0.455. The summed E-state index contributed by atoms with van der Waals surface area (Å²) in [4.78, 5) is 15.5. The van der Waals surface area contributed by atoms with Crippen molar-refractivity contribution in [1.29, 1.82) is 0 Å². The maximum Gasteiger partial charge on any atom is 0.325 e. The second-order valence-electron chi connectivity index (χ2n) is 3.68. The zero-order valence-corrected chi connectivity index (χ0v) is 10.3. The van der Waals surface area contributed by atoms with Gasteiger partial charge in [0.2, 0.25) is 0 Å². The third-order valence-corrected chi connectivity index (χ3v) is 3.11. The molecule has 0 fully saturated rings. The van der Waals surface area contributed by atoms with E-state index in [0.717, 1.165) is 10.8 Å². The zero-order valence-electron chi connectivity index (χ0n) is 9.47. The van der Waals surface area contributed by atoms with Crippen molar-refractivity contribution in [2.75, 3.05) is 12.9 Å². The van der Waals surface area contributed by atoms with Gasteiger partial charge in [0.25, 0.3) is 0 Å². The van der Waals surface area contributed by atoms with Crippen LogP contribution in [0.25, 0.3) is 0 Å². The van der Waals surface area contributed by atoms with Gasteiger partial charge in [0.15, 0.2) is 0 Å². The monoisotopic (exact) mass is 240 g/mol. The third kappa shape index (κ3) is 3.83.